The van der Waals surface area contributed by atoms with Gasteiger partial charge in [0.2, 0.25) is 11.8 Å². The lowest BCUT2D eigenvalue weighted by molar-refractivity contribution is 0.232. The van der Waals surface area contributed by atoms with Gasteiger partial charge in [0.1, 0.15) is 0 Å². The zero-order chi connectivity index (χ0) is 13.0. The molecular weight excluding hydrogens is 238 g/mol. The standard InChI is InChI=1S/C15H21N3O/c1-8(2)19-11-5-6-16-15(17-11)18-14-12-9-3-4-10(7-9)13(12)14/h5-6,8-10,12-14H,3-4,7H2,1-2H3,(H,16,17,18). The number of aromatic nitrogens is 2. The monoisotopic (exact) mass is 259 g/mol. The quantitative estimate of drug-likeness (QED) is 0.903. The van der Waals surface area contributed by atoms with E-state index in [1.165, 1.54) is 19.3 Å². The fraction of sp³-hybridized carbons (Fsp3) is 0.733. The van der Waals surface area contributed by atoms with Crippen molar-refractivity contribution in [2.24, 2.45) is 23.7 Å². The molecule has 4 unspecified atom stereocenters. The van der Waals surface area contributed by atoms with E-state index >= 15 is 0 Å². The Labute approximate surface area is 114 Å². The number of hydrogen-bond donors (Lipinski definition) is 1. The van der Waals surface area contributed by atoms with E-state index in [0.29, 0.717) is 11.9 Å². The summed E-state index contributed by atoms with van der Waals surface area (Å²) in [6.45, 7) is 4.02. The second-order valence-electron chi connectivity index (χ2n) is 6.54. The van der Waals surface area contributed by atoms with Crippen LogP contribution in [0.15, 0.2) is 12.3 Å². The van der Waals surface area contributed by atoms with Gasteiger partial charge >= 0.3 is 0 Å². The topological polar surface area (TPSA) is 47.0 Å². The van der Waals surface area contributed by atoms with Gasteiger partial charge in [-0.1, -0.05) is 0 Å². The van der Waals surface area contributed by atoms with Gasteiger partial charge in [-0.25, -0.2) is 4.98 Å². The molecule has 1 N–H and O–H groups in total. The molecule has 4 heteroatoms. The predicted molar refractivity (Wildman–Crippen MR) is 73.0 cm³/mol. The lowest BCUT2D eigenvalue weighted by Crippen LogP contribution is -2.15. The molecule has 4 rings (SSSR count). The highest BCUT2D eigenvalue weighted by Crippen LogP contribution is 2.66. The molecule has 3 aliphatic carbocycles. The van der Waals surface area contributed by atoms with Crippen LogP contribution in [0, 0.1) is 23.7 Å². The van der Waals surface area contributed by atoms with Gasteiger partial charge in [0.15, 0.2) is 0 Å². The second kappa shape index (κ2) is 4.09. The molecule has 3 aliphatic rings. The molecular formula is C15H21N3O. The Morgan fingerprint density at radius 2 is 2.00 bits per heavy atom. The highest BCUT2D eigenvalue weighted by atomic mass is 16.5. The van der Waals surface area contributed by atoms with Crippen molar-refractivity contribution >= 4 is 5.95 Å². The normalized spacial score (nSPS) is 38.4. The number of rotatable bonds is 4. The summed E-state index contributed by atoms with van der Waals surface area (Å²) < 4.78 is 5.61. The Morgan fingerprint density at radius 3 is 2.68 bits per heavy atom. The molecule has 3 fully saturated rings. The highest BCUT2D eigenvalue weighted by Gasteiger charge is 2.65. The zero-order valence-corrected chi connectivity index (χ0v) is 11.5. The number of hydrogen-bond acceptors (Lipinski definition) is 4. The molecule has 0 amide bonds. The first-order valence-corrected chi connectivity index (χ1v) is 7.48. The first kappa shape index (κ1) is 11.5. The van der Waals surface area contributed by atoms with Gasteiger partial charge in [0.05, 0.1) is 6.10 Å². The molecule has 1 aromatic heterocycles. The molecule has 102 valence electrons. The third-order valence-electron chi connectivity index (χ3n) is 5.02. The molecule has 0 spiro atoms. The van der Waals surface area contributed by atoms with Gasteiger partial charge in [-0.3, -0.25) is 0 Å². The Balaban J connectivity index is 1.44. The van der Waals surface area contributed by atoms with E-state index in [1.54, 1.807) is 6.20 Å². The van der Waals surface area contributed by atoms with Crippen molar-refractivity contribution < 1.29 is 4.74 Å². The highest BCUT2D eigenvalue weighted by molar-refractivity contribution is 5.35. The van der Waals surface area contributed by atoms with E-state index in [0.717, 1.165) is 29.6 Å². The van der Waals surface area contributed by atoms with Crippen LogP contribution in [0.25, 0.3) is 0 Å². The number of ether oxygens (including phenoxy) is 1. The van der Waals surface area contributed by atoms with Gasteiger partial charge in [-0.05, 0) is 56.8 Å². The predicted octanol–water partition coefficient (Wildman–Crippen LogP) is 2.72. The van der Waals surface area contributed by atoms with E-state index < -0.39 is 0 Å². The van der Waals surface area contributed by atoms with Crippen molar-refractivity contribution in [1.82, 2.24) is 9.97 Å². The molecule has 2 bridgehead atoms. The Morgan fingerprint density at radius 1 is 1.26 bits per heavy atom. The summed E-state index contributed by atoms with van der Waals surface area (Å²) in [4.78, 5) is 8.77. The lowest BCUT2D eigenvalue weighted by Gasteiger charge is -2.12. The van der Waals surface area contributed by atoms with Crippen LogP contribution < -0.4 is 10.1 Å². The maximum Gasteiger partial charge on any atom is 0.226 e. The van der Waals surface area contributed by atoms with E-state index in [-0.39, 0.29) is 6.10 Å². The zero-order valence-electron chi connectivity index (χ0n) is 11.5. The molecule has 0 aliphatic heterocycles. The van der Waals surface area contributed by atoms with E-state index in [9.17, 15) is 0 Å². The molecule has 0 saturated heterocycles. The number of nitrogens with zero attached hydrogens (tertiary/aromatic N) is 2. The van der Waals surface area contributed by atoms with Crippen molar-refractivity contribution in [3.05, 3.63) is 12.3 Å². The largest absolute Gasteiger partial charge is 0.475 e. The molecule has 1 aromatic rings. The first-order chi connectivity index (χ1) is 9.22. The Kier molecular flexibility index (Phi) is 2.47. The van der Waals surface area contributed by atoms with Gasteiger partial charge in [0.25, 0.3) is 0 Å². The molecule has 4 atom stereocenters. The Hall–Kier alpha value is -1.32. The van der Waals surface area contributed by atoms with Crippen molar-refractivity contribution in [2.75, 3.05) is 5.32 Å². The summed E-state index contributed by atoms with van der Waals surface area (Å²) in [5.74, 6) is 5.15. The molecule has 1 heterocycles. The van der Waals surface area contributed by atoms with Gasteiger partial charge < -0.3 is 10.1 Å². The third kappa shape index (κ3) is 1.88. The van der Waals surface area contributed by atoms with Crippen LogP contribution in [-0.4, -0.2) is 22.1 Å². The van der Waals surface area contributed by atoms with Gasteiger partial charge in [-0.2, -0.15) is 4.98 Å². The minimum atomic E-state index is 0.152. The fourth-order valence-electron chi connectivity index (χ4n) is 4.39. The van der Waals surface area contributed by atoms with Crippen LogP contribution in [0.1, 0.15) is 33.1 Å². The summed E-state index contributed by atoms with van der Waals surface area (Å²) >= 11 is 0. The van der Waals surface area contributed by atoms with Crippen molar-refractivity contribution in [3.63, 3.8) is 0 Å². The van der Waals surface area contributed by atoms with Gasteiger partial charge in [-0.15, -0.1) is 0 Å². The lowest BCUT2D eigenvalue weighted by atomic mass is 10.0. The van der Waals surface area contributed by atoms with Crippen LogP contribution in [0.5, 0.6) is 5.88 Å². The van der Waals surface area contributed by atoms with Crippen LogP contribution >= 0.6 is 0 Å². The fourth-order valence-corrected chi connectivity index (χ4v) is 4.39. The van der Waals surface area contributed by atoms with E-state index in [4.69, 9.17) is 4.74 Å². The van der Waals surface area contributed by atoms with Crippen molar-refractivity contribution in [1.29, 1.82) is 0 Å². The summed E-state index contributed by atoms with van der Waals surface area (Å²) in [5.41, 5.74) is 0. The maximum absolute atomic E-state index is 5.61. The summed E-state index contributed by atoms with van der Waals surface area (Å²) in [5, 5.41) is 3.53. The summed E-state index contributed by atoms with van der Waals surface area (Å²) in [6, 6.07) is 2.45. The van der Waals surface area contributed by atoms with Crippen LogP contribution in [0.3, 0.4) is 0 Å². The average molecular weight is 259 g/mol. The van der Waals surface area contributed by atoms with Crippen LogP contribution in [0.2, 0.25) is 0 Å². The molecule has 19 heavy (non-hydrogen) atoms. The SMILES string of the molecule is CC(C)Oc1ccnc(NC2C3C4CCC(C4)C23)n1. The number of anilines is 1. The summed E-state index contributed by atoms with van der Waals surface area (Å²) in [7, 11) is 0. The summed E-state index contributed by atoms with van der Waals surface area (Å²) in [6.07, 6.45) is 6.30. The van der Waals surface area contributed by atoms with E-state index in [2.05, 4.69) is 15.3 Å². The molecule has 0 radical (unpaired) electrons. The van der Waals surface area contributed by atoms with E-state index in [1.807, 2.05) is 19.9 Å². The van der Waals surface area contributed by atoms with Crippen LogP contribution in [-0.2, 0) is 0 Å². The maximum atomic E-state index is 5.61. The van der Waals surface area contributed by atoms with Crippen molar-refractivity contribution in [2.45, 2.75) is 45.3 Å². The third-order valence-corrected chi connectivity index (χ3v) is 5.02. The van der Waals surface area contributed by atoms with Crippen molar-refractivity contribution in [3.8, 4) is 5.88 Å². The van der Waals surface area contributed by atoms with Crippen LogP contribution in [0.4, 0.5) is 5.95 Å². The molecule has 0 aromatic carbocycles. The Bertz CT molecular complexity index is 474. The number of fused-ring (bicyclic) bond motifs is 5. The minimum absolute atomic E-state index is 0.152. The second-order valence-corrected chi connectivity index (χ2v) is 6.54. The number of nitrogens with one attached hydrogen (secondary N) is 1. The minimum Gasteiger partial charge on any atom is -0.475 e. The molecule has 3 saturated carbocycles. The first-order valence-electron chi connectivity index (χ1n) is 7.48. The smallest absolute Gasteiger partial charge is 0.226 e. The average Bonchev–Trinajstić information content (AvgIpc) is 2.78. The van der Waals surface area contributed by atoms with Gasteiger partial charge in [0, 0.05) is 18.3 Å². The molecule has 4 nitrogen and oxygen atoms in total.